The molecule has 0 saturated carbocycles. The molecule has 0 radical (unpaired) electrons. The summed E-state index contributed by atoms with van der Waals surface area (Å²) in [6.07, 6.45) is -2.49. The van der Waals surface area contributed by atoms with Crippen LogP contribution in [0.1, 0.15) is 34.2 Å². The van der Waals surface area contributed by atoms with Gasteiger partial charge in [-0.05, 0) is 49.2 Å². The fourth-order valence-electron chi connectivity index (χ4n) is 2.72. The zero-order valence-corrected chi connectivity index (χ0v) is 14.7. The van der Waals surface area contributed by atoms with E-state index in [1.165, 1.54) is 6.07 Å². The molecule has 136 valence electrons. The molecule has 0 aliphatic carbocycles. The summed E-state index contributed by atoms with van der Waals surface area (Å²) in [6, 6.07) is 6.83. The second kappa shape index (κ2) is 6.64. The molecule has 1 aromatic carbocycles. The highest BCUT2D eigenvalue weighted by Gasteiger charge is 2.34. The molecular formula is C18H15ClF3N3O. The first kappa shape index (κ1) is 18.3. The van der Waals surface area contributed by atoms with Crippen molar-refractivity contribution in [2.45, 2.75) is 26.4 Å². The summed E-state index contributed by atoms with van der Waals surface area (Å²) in [6.45, 7) is 3.72. The van der Waals surface area contributed by atoms with Crippen LogP contribution in [0.5, 0.6) is 0 Å². The van der Waals surface area contributed by atoms with E-state index in [0.29, 0.717) is 17.8 Å². The summed E-state index contributed by atoms with van der Waals surface area (Å²) in [5.41, 5.74) is 0.909. The van der Waals surface area contributed by atoms with Crippen molar-refractivity contribution in [1.29, 1.82) is 0 Å². The zero-order chi connectivity index (χ0) is 19.1. The summed E-state index contributed by atoms with van der Waals surface area (Å²) in [5.74, 6) is -0.661. The maximum Gasteiger partial charge on any atom is 0.418 e. The number of aryl methyl sites for hydroxylation is 2. The number of hydrogen-bond acceptors (Lipinski definition) is 2. The molecule has 4 nitrogen and oxygen atoms in total. The maximum atomic E-state index is 13.2. The van der Waals surface area contributed by atoms with Crippen LogP contribution in [0, 0.1) is 6.92 Å². The molecule has 0 aliphatic rings. The normalized spacial score (nSPS) is 11.8. The van der Waals surface area contributed by atoms with Crippen molar-refractivity contribution in [3.8, 4) is 0 Å². The van der Waals surface area contributed by atoms with Gasteiger partial charge in [0, 0.05) is 11.2 Å². The fourth-order valence-corrected chi connectivity index (χ4v) is 2.90. The van der Waals surface area contributed by atoms with Gasteiger partial charge in [0.1, 0.15) is 11.3 Å². The van der Waals surface area contributed by atoms with Crippen LogP contribution in [0.25, 0.3) is 5.65 Å². The lowest BCUT2D eigenvalue weighted by Crippen LogP contribution is -2.19. The molecule has 2 aromatic heterocycles. The molecule has 0 saturated heterocycles. The van der Waals surface area contributed by atoms with Crippen LogP contribution in [-0.2, 0) is 12.6 Å². The van der Waals surface area contributed by atoms with E-state index in [1.54, 1.807) is 22.7 Å². The minimum atomic E-state index is -4.64. The van der Waals surface area contributed by atoms with Crippen molar-refractivity contribution in [3.63, 3.8) is 0 Å². The SMILES string of the molecule is CCc1nc2cc(C)ccn2c1C(=O)Nc1ccc(Cl)cc1C(F)(F)F. The van der Waals surface area contributed by atoms with Crippen LogP contribution >= 0.6 is 11.6 Å². The Kier molecular flexibility index (Phi) is 4.66. The largest absolute Gasteiger partial charge is 0.418 e. The molecule has 0 aliphatic heterocycles. The molecule has 3 rings (SSSR count). The van der Waals surface area contributed by atoms with Gasteiger partial charge < -0.3 is 5.32 Å². The van der Waals surface area contributed by atoms with Crippen molar-refractivity contribution in [2.75, 3.05) is 5.32 Å². The predicted octanol–water partition coefficient (Wildman–Crippen LogP) is 5.13. The van der Waals surface area contributed by atoms with Gasteiger partial charge in [0.25, 0.3) is 5.91 Å². The molecule has 26 heavy (non-hydrogen) atoms. The summed E-state index contributed by atoms with van der Waals surface area (Å²) < 4.78 is 41.3. The number of hydrogen-bond donors (Lipinski definition) is 1. The van der Waals surface area contributed by atoms with Gasteiger partial charge in [-0.2, -0.15) is 13.2 Å². The molecule has 1 N–H and O–H groups in total. The van der Waals surface area contributed by atoms with Gasteiger partial charge in [-0.15, -0.1) is 0 Å². The molecule has 2 heterocycles. The number of aromatic nitrogens is 2. The number of halogens is 4. The highest BCUT2D eigenvalue weighted by molar-refractivity contribution is 6.30. The molecule has 0 bridgehead atoms. The Morgan fingerprint density at radius 2 is 2.00 bits per heavy atom. The number of rotatable bonds is 3. The van der Waals surface area contributed by atoms with E-state index in [9.17, 15) is 18.0 Å². The first-order valence-corrected chi connectivity index (χ1v) is 8.24. The van der Waals surface area contributed by atoms with Gasteiger partial charge in [-0.3, -0.25) is 9.20 Å². The Bertz CT molecular complexity index is 995. The smallest absolute Gasteiger partial charge is 0.320 e. The molecule has 8 heteroatoms. The van der Waals surface area contributed by atoms with Gasteiger partial charge in [-0.1, -0.05) is 18.5 Å². The molecular weight excluding hydrogens is 367 g/mol. The van der Waals surface area contributed by atoms with Crippen LogP contribution in [-0.4, -0.2) is 15.3 Å². The van der Waals surface area contributed by atoms with E-state index in [2.05, 4.69) is 10.3 Å². The third-order valence-corrected chi connectivity index (χ3v) is 4.17. The number of carbonyl (C=O) groups is 1. The quantitative estimate of drug-likeness (QED) is 0.683. The Labute approximate surface area is 152 Å². The fraction of sp³-hybridized carbons (Fsp3) is 0.222. The second-order valence-corrected chi connectivity index (χ2v) is 6.27. The number of nitrogens with zero attached hydrogens (tertiary/aromatic N) is 2. The Morgan fingerprint density at radius 3 is 2.65 bits per heavy atom. The van der Waals surface area contributed by atoms with Crippen molar-refractivity contribution in [1.82, 2.24) is 9.38 Å². The highest BCUT2D eigenvalue weighted by Crippen LogP contribution is 2.36. The molecule has 0 fully saturated rings. The average molecular weight is 382 g/mol. The number of imidazole rings is 1. The Morgan fingerprint density at radius 1 is 1.27 bits per heavy atom. The number of benzene rings is 1. The topological polar surface area (TPSA) is 46.4 Å². The lowest BCUT2D eigenvalue weighted by Gasteiger charge is -2.14. The molecule has 1 amide bonds. The number of amides is 1. The first-order valence-electron chi connectivity index (χ1n) is 7.86. The second-order valence-electron chi connectivity index (χ2n) is 5.83. The van der Waals surface area contributed by atoms with Crippen LogP contribution in [0.3, 0.4) is 0 Å². The van der Waals surface area contributed by atoms with Crippen molar-refractivity contribution in [2.24, 2.45) is 0 Å². The molecule has 0 atom stereocenters. The minimum absolute atomic E-state index is 0.0603. The van der Waals surface area contributed by atoms with Crippen molar-refractivity contribution < 1.29 is 18.0 Å². The Balaban J connectivity index is 2.06. The van der Waals surface area contributed by atoms with Gasteiger partial charge in [0.15, 0.2) is 0 Å². The minimum Gasteiger partial charge on any atom is -0.320 e. The number of pyridine rings is 1. The monoisotopic (exact) mass is 381 g/mol. The number of anilines is 1. The van der Waals surface area contributed by atoms with Gasteiger partial charge >= 0.3 is 6.18 Å². The van der Waals surface area contributed by atoms with Crippen LogP contribution in [0.15, 0.2) is 36.5 Å². The average Bonchev–Trinajstić information content (AvgIpc) is 2.93. The number of carbonyl (C=O) groups excluding carboxylic acids is 1. The summed E-state index contributed by atoms with van der Waals surface area (Å²) in [4.78, 5) is 17.1. The standard InChI is InChI=1S/C18H15ClF3N3O/c1-3-13-16(25-7-6-10(2)8-15(25)23-13)17(26)24-14-5-4-11(19)9-12(14)18(20,21)22/h4-9H,3H2,1-2H3,(H,24,26). The summed E-state index contributed by atoms with van der Waals surface area (Å²) in [7, 11) is 0. The summed E-state index contributed by atoms with van der Waals surface area (Å²) in [5, 5.41) is 2.29. The van der Waals surface area contributed by atoms with E-state index in [-0.39, 0.29) is 16.4 Å². The van der Waals surface area contributed by atoms with E-state index in [0.717, 1.165) is 17.7 Å². The Hall–Kier alpha value is -2.54. The lowest BCUT2D eigenvalue weighted by molar-refractivity contribution is -0.136. The van der Waals surface area contributed by atoms with Crippen LogP contribution in [0.2, 0.25) is 5.02 Å². The number of alkyl halides is 3. The van der Waals surface area contributed by atoms with Crippen molar-refractivity contribution >= 4 is 28.8 Å². The van der Waals surface area contributed by atoms with E-state index in [4.69, 9.17) is 11.6 Å². The predicted molar refractivity (Wildman–Crippen MR) is 93.7 cm³/mol. The third kappa shape index (κ3) is 3.39. The van der Waals surface area contributed by atoms with E-state index >= 15 is 0 Å². The van der Waals surface area contributed by atoms with E-state index in [1.807, 2.05) is 13.8 Å². The summed E-state index contributed by atoms with van der Waals surface area (Å²) >= 11 is 5.67. The molecule has 0 unspecified atom stereocenters. The molecule has 0 spiro atoms. The third-order valence-electron chi connectivity index (χ3n) is 3.94. The molecule has 3 aromatic rings. The number of nitrogens with one attached hydrogen (secondary N) is 1. The van der Waals surface area contributed by atoms with Crippen LogP contribution in [0.4, 0.5) is 18.9 Å². The zero-order valence-electron chi connectivity index (χ0n) is 14.0. The number of fused-ring (bicyclic) bond motifs is 1. The highest BCUT2D eigenvalue weighted by atomic mass is 35.5. The lowest BCUT2D eigenvalue weighted by atomic mass is 10.1. The maximum absolute atomic E-state index is 13.2. The van der Waals surface area contributed by atoms with E-state index < -0.39 is 17.6 Å². The van der Waals surface area contributed by atoms with Crippen LogP contribution < -0.4 is 5.32 Å². The van der Waals surface area contributed by atoms with Gasteiger partial charge in [0.05, 0.1) is 16.9 Å². The van der Waals surface area contributed by atoms with Gasteiger partial charge in [0.2, 0.25) is 0 Å². The van der Waals surface area contributed by atoms with Crippen molar-refractivity contribution in [3.05, 3.63) is 64.1 Å². The van der Waals surface area contributed by atoms with Gasteiger partial charge in [-0.25, -0.2) is 4.98 Å². The first-order chi connectivity index (χ1) is 12.2.